The van der Waals surface area contributed by atoms with Gasteiger partial charge in [0.1, 0.15) is 18.6 Å². The summed E-state index contributed by atoms with van der Waals surface area (Å²) in [7, 11) is 3.40. The quantitative estimate of drug-likeness (QED) is 0.397. The number of nitrogens with zero attached hydrogens (tertiary/aromatic N) is 7. The normalized spacial score (nSPS) is 22.9. The standard InChI is InChI=1S/C29H35F3N8O5/c1-5-18-22(38-6-8-39(9-7-38)25(44)20-23(42)15(2)33-14-34-20)24(43)21-26(45-27(35-21)37(3)4)40(18)13-19(41)36-28-10-16(11-28)17(12-28)29(30,31)32/h14,16-17,42H,5-13H2,1-4H3,(H,36,41). The third-order valence-corrected chi connectivity index (χ3v) is 9.29. The van der Waals surface area contributed by atoms with Gasteiger partial charge < -0.3 is 34.1 Å². The summed E-state index contributed by atoms with van der Waals surface area (Å²) in [4.78, 5) is 57.7. The lowest BCUT2D eigenvalue weighted by Crippen LogP contribution is -2.53. The Hall–Kier alpha value is -4.37. The highest BCUT2D eigenvalue weighted by Crippen LogP contribution is 2.60. The second-order valence-corrected chi connectivity index (χ2v) is 12.4. The van der Waals surface area contributed by atoms with Gasteiger partial charge in [0.25, 0.3) is 11.9 Å². The highest BCUT2D eigenvalue weighted by molar-refractivity contribution is 5.95. The number of oxazole rings is 1. The Kier molecular flexibility index (Phi) is 7.43. The molecular weight excluding hydrogens is 597 g/mol. The molecule has 1 unspecified atom stereocenters. The van der Waals surface area contributed by atoms with Crippen LogP contribution in [0.2, 0.25) is 0 Å². The van der Waals surface area contributed by atoms with Crippen LogP contribution in [0.5, 0.6) is 5.75 Å². The van der Waals surface area contributed by atoms with Gasteiger partial charge in [0.05, 0.1) is 11.6 Å². The second kappa shape index (κ2) is 10.9. The van der Waals surface area contributed by atoms with Crippen molar-refractivity contribution >= 4 is 34.7 Å². The number of aromatic nitrogens is 4. The molecule has 2 amide bonds. The molecule has 0 radical (unpaired) electrons. The number of piperazine rings is 1. The minimum Gasteiger partial charge on any atom is -0.504 e. The number of pyridine rings is 1. The summed E-state index contributed by atoms with van der Waals surface area (Å²) in [5.74, 6) is -3.11. The first kappa shape index (κ1) is 30.6. The summed E-state index contributed by atoms with van der Waals surface area (Å²) in [5.41, 5.74) is -0.119. The summed E-state index contributed by atoms with van der Waals surface area (Å²) in [5, 5.41) is 13.2. The Morgan fingerprint density at radius 1 is 1.16 bits per heavy atom. The molecule has 3 saturated carbocycles. The van der Waals surface area contributed by atoms with E-state index in [2.05, 4.69) is 20.3 Å². The number of hydrogen-bond donors (Lipinski definition) is 2. The van der Waals surface area contributed by atoms with Crippen LogP contribution in [0.3, 0.4) is 0 Å². The first-order valence-electron chi connectivity index (χ1n) is 14.9. The van der Waals surface area contributed by atoms with E-state index in [1.165, 1.54) is 11.2 Å². The molecule has 1 atom stereocenters. The van der Waals surface area contributed by atoms with E-state index in [1.807, 2.05) is 11.8 Å². The molecule has 7 rings (SSSR count). The summed E-state index contributed by atoms with van der Waals surface area (Å²) >= 11 is 0. The zero-order chi connectivity index (χ0) is 32.4. The second-order valence-electron chi connectivity index (χ2n) is 12.4. The molecule has 4 fully saturated rings. The first-order chi connectivity index (χ1) is 21.2. The fraction of sp³-hybridized carbons (Fsp3) is 0.586. The number of fused-ring (bicyclic) bond motifs is 2. The van der Waals surface area contributed by atoms with Gasteiger partial charge in [-0.2, -0.15) is 18.2 Å². The van der Waals surface area contributed by atoms with Crippen LogP contribution in [0.1, 0.15) is 48.1 Å². The maximum Gasteiger partial charge on any atom is 0.392 e. The minimum absolute atomic E-state index is 0.0264. The molecule has 0 spiro atoms. The number of carbonyl (C=O) groups excluding carboxylic acids is 2. The molecule has 4 aliphatic rings. The maximum absolute atomic E-state index is 13.9. The summed E-state index contributed by atoms with van der Waals surface area (Å²) in [6, 6.07) is 0.162. The number of nitrogens with one attached hydrogen (secondary N) is 1. The predicted octanol–water partition coefficient (Wildman–Crippen LogP) is 2.23. The SMILES string of the molecule is CCc1c(N2CCN(C(=O)c3ncnc(C)c3O)CC2)c(=O)c2nc(N(C)C)oc2n1CC(=O)NC12CC(C1)C(C(F)(F)F)C2. The number of anilines is 2. The summed E-state index contributed by atoms with van der Waals surface area (Å²) < 4.78 is 47.9. The fourth-order valence-electron chi connectivity index (χ4n) is 7.07. The van der Waals surface area contributed by atoms with Crippen molar-refractivity contribution in [2.45, 2.75) is 57.8 Å². The Bertz CT molecular complexity index is 1720. The Morgan fingerprint density at radius 3 is 2.44 bits per heavy atom. The number of hydrogen-bond acceptors (Lipinski definition) is 10. The Balaban J connectivity index is 1.29. The average Bonchev–Trinajstić information content (AvgIpc) is 3.68. The highest BCUT2D eigenvalue weighted by atomic mass is 19.4. The monoisotopic (exact) mass is 632 g/mol. The van der Waals surface area contributed by atoms with Gasteiger partial charge in [0.15, 0.2) is 17.0 Å². The number of alkyl halides is 3. The van der Waals surface area contributed by atoms with Crippen LogP contribution in [0.15, 0.2) is 15.5 Å². The zero-order valence-corrected chi connectivity index (χ0v) is 25.4. The number of rotatable bonds is 7. The number of aromatic hydroxyl groups is 1. The van der Waals surface area contributed by atoms with E-state index in [0.717, 1.165) is 0 Å². The van der Waals surface area contributed by atoms with Crippen molar-refractivity contribution in [2.24, 2.45) is 11.8 Å². The number of aryl methyl sites for hydroxylation is 1. The smallest absolute Gasteiger partial charge is 0.392 e. The summed E-state index contributed by atoms with van der Waals surface area (Å²) in [6.45, 7) is 4.14. The van der Waals surface area contributed by atoms with Crippen LogP contribution < -0.4 is 20.5 Å². The largest absolute Gasteiger partial charge is 0.504 e. The van der Waals surface area contributed by atoms with Crippen molar-refractivity contribution in [2.75, 3.05) is 50.1 Å². The van der Waals surface area contributed by atoms with Gasteiger partial charge in [-0.1, -0.05) is 6.92 Å². The Morgan fingerprint density at radius 2 is 1.84 bits per heavy atom. The van der Waals surface area contributed by atoms with E-state index < -0.39 is 35.4 Å². The van der Waals surface area contributed by atoms with Crippen LogP contribution in [0.25, 0.3) is 11.2 Å². The summed E-state index contributed by atoms with van der Waals surface area (Å²) in [6.07, 6.45) is -2.31. The third-order valence-electron chi connectivity index (χ3n) is 9.29. The van der Waals surface area contributed by atoms with Gasteiger partial charge in [-0.3, -0.25) is 14.4 Å². The molecule has 242 valence electrons. The molecule has 3 aliphatic carbocycles. The van der Waals surface area contributed by atoms with E-state index >= 15 is 0 Å². The maximum atomic E-state index is 13.9. The predicted molar refractivity (Wildman–Crippen MR) is 156 cm³/mol. The number of amides is 2. The van der Waals surface area contributed by atoms with Crippen LogP contribution in [0, 0.1) is 18.8 Å². The molecular formula is C29H35F3N8O5. The van der Waals surface area contributed by atoms with Crippen molar-refractivity contribution in [3.8, 4) is 5.75 Å². The molecule has 2 bridgehead atoms. The average molecular weight is 633 g/mol. The lowest BCUT2D eigenvalue weighted by Gasteiger charge is -2.39. The number of halogens is 3. The molecule has 2 N–H and O–H groups in total. The molecule has 4 heterocycles. The zero-order valence-electron chi connectivity index (χ0n) is 25.4. The van der Waals surface area contributed by atoms with Crippen LogP contribution in [-0.2, 0) is 17.8 Å². The van der Waals surface area contributed by atoms with Gasteiger partial charge in [-0.15, -0.1) is 0 Å². The number of carbonyl (C=O) groups is 2. The van der Waals surface area contributed by atoms with Crippen molar-refractivity contribution in [1.29, 1.82) is 0 Å². The van der Waals surface area contributed by atoms with Crippen molar-refractivity contribution in [3.05, 3.63) is 33.6 Å². The molecule has 16 heteroatoms. The molecule has 0 aromatic carbocycles. The van der Waals surface area contributed by atoms with Crippen LogP contribution in [0.4, 0.5) is 24.9 Å². The minimum atomic E-state index is -4.30. The van der Waals surface area contributed by atoms with Gasteiger partial charge in [0, 0.05) is 51.5 Å². The van der Waals surface area contributed by atoms with E-state index in [4.69, 9.17) is 4.42 Å². The van der Waals surface area contributed by atoms with Crippen LogP contribution in [-0.4, -0.2) is 93.3 Å². The molecule has 45 heavy (non-hydrogen) atoms. The van der Waals surface area contributed by atoms with E-state index in [-0.39, 0.29) is 91.8 Å². The van der Waals surface area contributed by atoms with Gasteiger partial charge in [0.2, 0.25) is 17.0 Å². The van der Waals surface area contributed by atoms with E-state index in [0.29, 0.717) is 17.8 Å². The molecule has 3 aromatic heterocycles. The van der Waals surface area contributed by atoms with E-state index in [9.17, 15) is 32.7 Å². The fourth-order valence-corrected chi connectivity index (χ4v) is 7.07. The molecule has 13 nitrogen and oxygen atoms in total. The highest BCUT2D eigenvalue weighted by Gasteiger charge is 2.64. The molecule has 1 aliphatic heterocycles. The topological polar surface area (TPSA) is 150 Å². The third kappa shape index (κ3) is 5.23. The van der Waals surface area contributed by atoms with Crippen molar-refractivity contribution < 1.29 is 32.3 Å². The van der Waals surface area contributed by atoms with Gasteiger partial charge in [-0.25, -0.2) is 9.97 Å². The van der Waals surface area contributed by atoms with E-state index in [1.54, 1.807) is 30.5 Å². The first-order valence-corrected chi connectivity index (χ1v) is 14.9. The van der Waals surface area contributed by atoms with Crippen molar-refractivity contribution in [3.63, 3.8) is 0 Å². The van der Waals surface area contributed by atoms with Crippen molar-refractivity contribution in [1.82, 2.24) is 29.7 Å². The Labute approximate surface area is 256 Å². The van der Waals surface area contributed by atoms with Crippen LogP contribution >= 0.6 is 0 Å². The lowest BCUT2D eigenvalue weighted by atomic mass is 9.76. The lowest BCUT2D eigenvalue weighted by molar-refractivity contribution is -0.180. The van der Waals surface area contributed by atoms with Gasteiger partial charge in [-0.05, 0) is 38.5 Å². The van der Waals surface area contributed by atoms with Gasteiger partial charge >= 0.3 is 6.18 Å². The molecule has 3 aromatic rings. The molecule has 1 saturated heterocycles.